The molecule has 0 aliphatic carbocycles. The fourth-order valence-electron chi connectivity index (χ4n) is 4.12. The lowest BCUT2D eigenvalue weighted by Gasteiger charge is -2.05. The van der Waals surface area contributed by atoms with Crippen molar-refractivity contribution < 1.29 is 4.42 Å². The molecule has 0 radical (unpaired) electrons. The molecule has 3 heterocycles. The van der Waals surface area contributed by atoms with Crippen LogP contribution in [0.4, 0.5) is 0 Å². The summed E-state index contributed by atoms with van der Waals surface area (Å²) < 4.78 is 6.08. The van der Waals surface area contributed by atoms with E-state index in [-0.39, 0.29) is 0 Å². The Morgan fingerprint density at radius 1 is 0.606 bits per heavy atom. The maximum Gasteiger partial charge on any atom is 0.135 e. The fourth-order valence-corrected chi connectivity index (χ4v) is 4.12. The Morgan fingerprint density at radius 2 is 1.30 bits per heavy atom. The average Bonchev–Trinajstić information content (AvgIpc) is 3.26. The van der Waals surface area contributed by atoms with Crippen LogP contribution in [-0.4, -0.2) is 9.97 Å². The largest absolute Gasteiger partial charge is 0.456 e. The Morgan fingerprint density at radius 3 is 1.97 bits per heavy atom. The van der Waals surface area contributed by atoms with Gasteiger partial charge in [-0.1, -0.05) is 48.5 Å². The van der Waals surface area contributed by atoms with Crippen molar-refractivity contribution in [1.29, 1.82) is 5.26 Å². The van der Waals surface area contributed by atoms with Crippen molar-refractivity contribution in [3.63, 3.8) is 0 Å². The quantitative estimate of drug-likeness (QED) is 0.301. The highest BCUT2D eigenvalue weighted by Crippen LogP contribution is 2.35. The topological polar surface area (TPSA) is 62.7 Å². The van der Waals surface area contributed by atoms with Crippen LogP contribution in [0, 0.1) is 11.3 Å². The van der Waals surface area contributed by atoms with E-state index in [2.05, 4.69) is 46.4 Å². The summed E-state index contributed by atoms with van der Waals surface area (Å²) in [6.07, 6.45) is 3.47. The lowest BCUT2D eigenvalue weighted by molar-refractivity contribution is 0.669. The van der Waals surface area contributed by atoms with Gasteiger partial charge in [-0.15, -0.1) is 0 Å². The summed E-state index contributed by atoms with van der Waals surface area (Å²) >= 11 is 0. The second-order valence-corrected chi connectivity index (χ2v) is 7.86. The van der Waals surface area contributed by atoms with E-state index < -0.39 is 0 Å². The Labute approximate surface area is 190 Å². The molecule has 0 aliphatic heterocycles. The van der Waals surface area contributed by atoms with Crippen LogP contribution in [0.5, 0.6) is 0 Å². The zero-order valence-corrected chi connectivity index (χ0v) is 17.6. The summed E-state index contributed by atoms with van der Waals surface area (Å²) in [6, 6.07) is 32.4. The Kier molecular flexibility index (Phi) is 4.45. The molecule has 0 bridgehead atoms. The van der Waals surface area contributed by atoms with Crippen LogP contribution < -0.4 is 0 Å². The predicted molar refractivity (Wildman–Crippen MR) is 130 cm³/mol. The monoisotopic (exact) mass is 423 g/mol. The summed E-state index contributed by atoms with van der Waals surface area (Å²) in [6.45, 7) is 0. The second-order valence-electron chi connectivity index (χ2n) is 7.86. The molecule has 4 heteroatoms. The molecule has 0 atom stereocenters. The van der Waals surface area contributed by atoms with Crippen LogP contribution in [0.2, 0.25) is 0 Å². The minimum absolute atomic E-state index is 0.568. The number of rotatable bonds is 3. The highest BCUT2D eigenvalue weighted by atomic mass is 16.3. The van der Waals surface area contributed by atoms with Gasteiger partial charge < -0.3 is 4.42 Å². The van der Waals surface area contributed by atoms with Crippen molar-refractivity contribution in [1.82, 2.24) is 9.97 Å². The molecule has 0 spiro atoms. The van der Waals surface area contributed by atoms with E-state index in [9.17, 15) is 0 Å². The van der Waals surface area contributed by atoms with Crippen molar-refractivity contribution in [2.75, 3.05) is 0 Å². The van der Waals surface area contributed by atoms with Gasteiger partial charge in [-0.05, 0) is 59.2 Å². The molecule has 0 unspecified atom stereocenters. The summed E-state index contributed by atoms with van der Waals surface area (Å²) in [5.74, 6) is 0. The highest BCUT2D eigenvalue weighted by Gasteiger charge is 2.11. The maximum absolute atomic E-state index is 9.12. The van der Waals surface area contributed by atoms with E-state index in [1.807, 2.05) is 54.7 Å². The third kappa shape index (κ3) is 3.42. The van der Waals surface area contributed by atoms with E-state index in [1.165, 1.54) is 5.56 Å². The van der Waals surface area contributed by atoms with Crippen LogP contribution in [0.15, 0.2) is 108 Å². The normalized spacial score (nSPS) is 11.0. The van der Waals surface area contributed by atoms with Crippen LogP contribution in [0.1, 0.15) is 5.56 Å². The molecule has 0 N–H and O–H groups in total. The van der Waals surface area contributed by atoms with Gasteiger partial charge in [0, 0.05) is 28.7 Å². The van der Waals surface area contributed by atoms with Crippen molar-refractivity contribution in [2.45, 2.75) is 0 Å². The minimum Gasteiger partial charge on any atom is -0.456 e. The number of benzene rings is 3. The predicted octanol–water partition coefficient (Wildman–Crippen LogP) is 7.25. The number of fused-ring (bicyclic) bond motifs is 3. The van der Waals surface area contributed by atoms with Gasteiger partial charge in [0.2, 0.25) is 0 Å². The van der Waals surface area contributed by atoms with Crippen LogP contribution in [0.3, 0.4) is 0 Å². The average molecular weight is 423 g/mol. The first-order chi connectivity index (χ1) is 16.3. The van der Waals surface area contributed by atoms with Gasteiger partial charge in [0.1, 0.15) is 11.2 Å². The summed E-state index contributed by atoms with van der Waals surface area (Å²) in [7, 11) is 0. The maximum atomic E-state index is 9.12. The molecule has 6 rings (SSSR count). The molecule has 0 fully saturated rings. The second kappa shape index (κ2) is 7.74. The molecule has 0 amide bonds. The Bertz CT molecular complexity index is 1660. The molecule has 3 aromatic carbocycles. The summed E-state index contributed by atoms with van der Waals surface area (Å²) in [5, 5.41) is 11.3. The van der Waals surface area contributed by atoms with Gasteiger partial charge in [-0.25, -0.2) is 0 Å². The van der Waals surface area contributed by atoms with E-state index in [0.29, 0.717) is 11.3 Å². The number of pyridine rings is 2. The summed E-state index contributed by atoms with van der Waals surface area (Å²) in [4.78, 5) is 8.92. The third-order valence-corrected chi connectivity index (χ3v) is 5.82. The molecule has 0 aliphatic rings. The number of furan rings is 1. The number of hydrogen-bond acceptors (Lipinski definition) is 4. The van der Waals surface area contributed by atoms with Crippen molar-refractivity contribution in [2.24, 2.45) is 0 Å². The number of aromatic nitrogens is 2. The van der Waals surface area contributed by atoms with Gasteiger partial charge in [0.15, 0.2) is 0 Å². The molecular weight excluding hydrogens is 406 g/mol. The van der Waals surface area contributed by atoms with E-state index in [4.69, 9.17) is 9.68 Å². The third-order valence-electron chi connectivity index (χ3n) is 5.82. The van der Waals surface area contributed by atoms with Crippen LogP contribution in [0.25, 0.3) is 55.6 Å². The molecule has 3 aromatic heterocycles. The smallest absolute Gasteiger partial charge is 0.135 e. The van der Waals surface area contributed by atoms with Crippen molar-refractivity contribution >= 4 is 21.9 Å². The molecule has 33 heavy (non-hydrogen) atoms. The number of nitriles is 1. The molecule has 0 saturated carbocycles. The highest BCUT2D eigenvalue weighted by molar-refractivity contribution is 6.07. The van der Waals surface area contributed by atoms with E-state index in [0.717, 1.165) is 44.3 Å². The molecule has 0 saturated heterocycles. The molecule has 4 nitrogen and oxygen atoms in total. The Balaban J connectivity index is 1.41. The first kappa shape index (κ1) is 19.0. The lowest BCUT2D eigenvalue weighted by atomic mass is 10.0. The molecule has 154 valence electrons. The molecular formula is C29H17N3O. The van der Waals surface area contributed by atoms with E-state index in [1.54, 1.807) is 18.3 Å². The SMILES string of the molecule is N#Cc1ccnc(-c2ccc(-c3ccc4oc5ccc(-c6ccccc6)cc5c4c3)cn2)c1. The van der Waals surface area contributed by atoms with Gasteiger partial charge in [0.05, 0.1) is 23.0 Å². The van der Waals surface area contributed by atoms with Gasteiger partial charge in [0.25, 0.3) is 0 Å². The first-order valence-corrected chi connectivity index (χ1v) is 10.6. The fraction of sp³-hybridized carbons (Fsp3) is 0. The van der Waals surface area contributed by atoms with E-state index >= 15 is 0 Å². The van der Waals surface area contributed by atoms with Crippen molar-refractivity contribution in [3.8, 4) is 39.7 Å². The zero-order valence-electron chi connectivity index (χ0n) is 17.6. The van der Waals surface area contributed by atoms with Crippen molar-refractivity contribution in [3.05, 3.63) is 109 Å². The number of hydrogen-bond donors (Lipinski definition) is 0. The van der Waals surface area contributed by atoms with Crippen LogP contribution >= 0.6 is 0 Å². The number of nitrogens with zero attached hydrogens (tertiary/aromatic N) is 3. The van der Waals surface area contributed by atoms with Crippen LogP contribution in [-0.2, 0) is 0 Å². The first-order valence-electron chi connectivity index (χ1n) is 10.6. The van der Waals surface area contributed by atoms with Gasteiger partial charge in [-0.3, -0.25) is 9.97 Å². The van der Waals surface area contributed by atoms with Gasteiger partial charge in [-0.2, -0.15) is 5.26 Å². The summed E-state index contributed by atoms with van der Waals surface area (Å²) in [5.41, 5.74) is 8.13. The molecule has 6 aromatic rings. The standard InChI is InChI=1S/C29H17N3O/c30-17-19-12-13-31-27(14-19)26-9-6-23(18-32-26)22-8-11-29-25(16-22)24-15-21(7-10-28(24)33-29)20-4-2-1-3-5-20/h1-16,18H. The minimum atomic E-state index is 0.568. The zero-order chi connectivity index (χ0) is 22.2. The Hall–Kier alpha value is -4.75. The van der Waals surface area contributed by atoms with Gasteiger partial charge >= 0.3 is 0 Å². The lowest BCUT2D eigenvalue weighted by Crippen LogP contribution is -1.89.